The van der Waals surface area contributed by atoms with E-state index in [1.165, 1.54) is 51.4 Å². The van der Waals surface area contributed by atoms with Crippen molar-refractivity contribution in [2.45, 2.75) is 71.4 Å². The molecule has 0 aliphatic carbocycles. The molecule has 0 aliphatic heterocycles. The van der Waals surface area contributed by atoms with Gasteiger partial charge in [0.1, 0.15) is 0 Å². The fourth-order valence-electron chi connectivity index (χ4n) is 3.71. The molecule has 1 aromatic carbocycles. The number of unbranched alkanes of at least 4 members (excludes halogenated alkanes) is 7. The Labute approximate surface area is 190 Å². The van der Waals surface area contributed by atoms with Gasteiger partial charge in [-0.15, -0.1) is 5.10 Å². The fourth-order valence-corrected chi connectivity index (χ4v) is 3.88. The molecule has 0 spiro atoms. The van der Waals surface area contributed by atoms with Crippen LogP contribution in [0.4, 0.5) is 5.69 Å². The normalized spacial score (nSPS) is 11.3. The molecule has 0 amide bonds. The van der Waals surface area contributed by atoms with Gasteiger partial charge in [0, 0.05) is 54.7 Å². The highest BCUT2D eigenvalue weighted by molar-refractivity contribution is 6.31. The Morgan fingerprint density at radius 2 is 1.77 bits per heavy atom. The third kappa shape index (κ3) is 8.11. The maximum absolute atomic E-state index is 6.06. The average molecular weight is 443 g/mol. The van der Waals surface area contributed by atoms with Crippen molar-refractivity contribution < 1.29 is 0 Å². The van der Waals surface area contributed by atoms with E-state index in [9.17, 15) is 0 Å². The lowest BCUT2D eigenvalue weighted by molar-refractivity contribution is 0.510. The summed E-state index contributed by atoms with van der Waals surface area (Å²) >= 11 is 6.06. The molecule has 0 saturated heterocycles. The zero-order chi connectivity index (χ0) is 21.7. The Kier molecular flexibility index (Phi) is 10.1. The van der Waals surface area contributed by atoms with E-state index in [4.69, 9.17) is 11.6 Å². The molecular weight excluding hydrogens is 408 g/mol. The Hall–Kier alpha value is -2.18. The van der Waals surface area contributed by atoms with Crippen molar-refractivity contribution in [2.75, 3.05) is 18.4 Å². The lowest BCUT2D eigenvalue weighted by atomic mass is 10.1. The second-order valence-electron chi connectivity index (χ2n) is 8.07. The molecule has 168 valence electrons. The van der Waals surface area contributed by atoms with Crippen LogP contribution in [-0.2, 0) is 13.1 Å². The predicted octanol–water partition coefficient (Wildman–Crippen LogP) is 5.82. The minimum atomic E-state index is 0.703. The maximum atomic E-state index is 6.06. The van der Waals surface area contributed by atoms with Crippen molar-refractivity contribution in [3.05, 3.63) is 47.4 Å². The molecule has 7 heteroatoms. The third-order valence-electron chi connectivity index (χ3n) is 5.45. The molecule has 0 unspecified atom stereocenters. The molecule has 0 fully saturated rings. The SMILES string of the molecule is CCCCCCCCCCn1cc(CNCCNc2ccnc3cc(Cl)ccc23)nn1. The summed E-state index contributed by atoms with van der Waals surface area (Å²) in [6, 6.07) is 7.78. The van der Waals surface area contributed by atoms with Gasteiger partial charge in [-0.1, -0.05) is 68.7 Å². The van der Waals surface area contributed by atoms with Crippen molar-refractivity contribution in [1.82, 2.24) is 25.3 Å². The topological polar surface area (TPSA) is 67.7 Å². The summed E-state index contributed by atoms with van der Waals surface area (Å²) in [5.41, 5.74) is 2.96. The molecule has 3 aromatic rings. The quantitative estimate of drug-likeness (QED) is 0.290. The number of aromatic nitrogens is 4. The molecule has 6 nitrogen and oxygen atoms in total. The Balaban J connectivity index is 1.28. The smallest absolute Gasteiger partial charge is 0.0964 e. The third-order valence-corrected chi connectivity index (χ3v) is 5.69. The summed E-state index contributed by atoms with van der Waals surface area (Å²) in [7, 11) is 0. The number of benzene rings is 1. The van der Waals surface area contributed by atoms with Gasteiger partial charge < -0.3 is 10.6 Å². The van der Waals surface area contributed by atoms with E-state index >= 15 is 0 Å². The predicted molar refractivity (Wildman–Crippen MR) is 130 cm³/mol. The highest BCUT2D eigenvalue weighted by Crippen LogP contribution is 2.24. The first kappa shape index (κ1) is 23.5. The largest absolute Gasteiger partial charge is 0.383 e. The Morgan fingerprint density at radius 3 is 2.61 bits per heavy atom. The second kappa shape index (κ2) is 13.3. The van der Waals surface area contributed by atoms with Crippen LogP contribution in [0.2, 0.25) is 5.02 Å². The summed E-state index contributed by atoms with van der Waals surface area (Å²) in [4.78, 5) is 4.38. The number of hydrogen-bond donors (Lipinski definition) is 2. The molecule has 2 aromatic heterocycles. The summed E-state index contributed by atoms with van der Waals surface area (Å²) < 4.78 is 1.97. The van der Waals surface area contributed by atoms with Crippen LogP contribution in [0.5, 0.6) is 0 Å². The van der Waals surface area contributed by atoms with E-state index in [-0.39, 0.29) is 0 Å². The number of anilines is 1. The van der Waals surface area contributed by atoms with E-state index < -0.39 is 0 Å². The van der Waals surface area contributed by atoms with Gasteiger partial charge in [-0.2, -0.15) is 0 Å². The average Bonchev–Trinajstić information content (AvgIpc) is 3.23. The van der Waals surface area contributed by atoms with Crippen LogP contribution < -0.4 is 10.6 Å². The van der Waals surface area contributed by atoms with Crippen molar-refractivity contribution >= 4 is 28.2 Å². The van der Waals surface area contributed by atoms with Gasteiger partial charge in [-0.25, -0.2) is 0 Å². The number of halogens is 1. The van der Waals surface area contributed by atoms with Crippen molar-refractivity contribution in [3.63, 3.8) is 0 Å². The lowest BCUT2D eigenvalue weighted by Crippen LogP contribution is -2.22. The van der Waals surface area contributed by atoms with Gasteiger partial charge in [0.2, 0.25) is 0 Å². The van der Waals surface area contributed by atoms with E-state index in [1.807, 2.05) is 28.9 Å². The molecule has 31 heavy (non-hydrogen) atoms. The number of rotatable bonds is 15. The van der Waals surface area contributed by atoms with Gasteiger partial charge in [-0.3, -0.25) is 9.67 Å². The highest BCUT2D eigenvalue weighted by Gasteiger charge is 2.03. The van der Waals surface area contributed by atoms with Gasteiger partial charge in [0.25, 0.3) is 0 Å². The summed E-state index contributed by atoms with van der Waals surface area (Å²) in [6.45, 7) is 5.60. The zero-order valence-electron chi connectivity index (χ0n) is 18.6. The summed E-state index contributed by atoms with van der Waals surface area (Å²) in [6.07, 6.45) is 14.5. The number of nitrogens with zero attached hydrogens (tertiary/aromatic N) is 4. The molecule has 0 atom stereocenters. The first-order valence-electron chi connectivity index (χ1n) is 11.6. The molecule has 0 saturated carbocycles. The molecule has 0 bridgehead atoms. The second-order valence-corrected chi connectivity index (χ2v) is 8.51. The van der Waals surface area contributed by atoms with Crippen LogP contribution in [0, 0.1) is 0 Å². The van der Waals surface area contributed by atoms with Gasteiger partial charge in [0.05, 0.1) is 11.2 Å². The van der Waals surface area contributed by atoms with Crippen LogP contribution >= 0.6 is 11.6 Å². The minimum Gasteiger partial charge on any atom is -0.383 e. The zero-order valence-corrected chi connectivity index (χ0v) is 19.4. The first-order valence-corrected chi connectivity index (χ1v) is 12.0. The van der Waals surface area contributed by atoms with Crippen molar-refractivity contribution in [3.8, 4) is 0 Å². The molecule has 3 rings (SSSR count). The molecule has 2 N–H and O–H groups in total. The van der Waals surface area contributed by atoms with Crippen molar-refractivity contribution in [1.29, 1.82) is 0 Å². The van der Waals surface area contributed by atoms with E-state index in [2.05, 4.69) is 39.1 Å². The Morgan fingerprint density at radius 1 is 0.968 bits per heavy atom. The lowest BCUT2D eigenvalue weighted by Gasteiger charge is -2.10. The number of fused-ring (bicyclic) bond motifs is 1. The van der Waals surface area contributed by atoms with Crippen LogP contribution in [-0.4, -0.2) is 33.1 Å². The van der Waals surface area contributed by atoms with Crippen LogP contribution in [0.25, 0.3) is 10.9 Å². The molecular formula is C24H35ClN6. The van der Waals surface area contributed by atoms with Gasteiger partial charge >= 0.3 is 0 Å². The highest BCUT2D eigenvalue weighted by atomic mass is 35.5. The molecule has 2 heterocycles. The fraction of sp³-hybridized carbons (Fsp3) is 0.542. The maximum Gasteiger partial charge on any atom is 0.0964 e. The van der Waals surface area contributed by atoms with Crippen LogP contribution in [0.3, 0.4) is 0 Å². The summed E-state index contributed by atoms with van der Waals surface area (Å²) in [5, 5.41) is 17.2. The minimum absolute atomic E-state index is 0.703. The molecule has 0 radical (unpaired) electrons. The number of pyridine rings is 1. The number of aryl methyl sites for hydroxylation is 1. The van der Waals surface area contributed by atoms with Crippen LogP contribution in [0.15, 0.2) is 36.7 Å². The summed E-state index contributed by atoms with van der Waals surface area (Å²) in [5.74, 6) is 0. The van der Waals surface area contributed by atoms with E-state index in [0.29, 0.717) is 5.02 Å². The van der Waals surface area contributed by atoms with Gasteiger partial charge in [0.15, 0.2) is 0 Å². The van der Waals surface area contributed by atoms with E-state index in [0.717, 1.165) is 48.5 Å². The monoisotopic (exact) mass is 442 g/mol. The number of nitrogens with one attached hydrogen (secondary N) is 2. The van der Waals surface area contributed by atoms with Gasteiger partial charge in [-0.05, 0) is 30.7 Å². The van der Waals surface area contributed by atoms with Crippen LogP contribution in [0.1, 0.15) is 64.0 Å². The number of hydrogen-bond acceptors (Lipinski definition) is 5. The molecule has 0 aliphatic rings. The van der Waals surface area contributed by atoms with E-state index in [1.54, 1.807) is 6.20 Å². The standard InChI is InChI=1S/C24H35ClN6/c1-2-3-4-5-6-7-8-9-16-31-19-21(29-30-31)18-26-14-15-28-23-12-13-27-24-17-20(25)10-11-22(23)24/h10-13,17,19,26H,2-9,14-16,18H2,1H3,(H,27,28). The Bertz CT molecular complexity index is 910. The van der Waals surface area contributed by atoms with Crippen molar-refractivity contribution in [2.24, 2.45) is 0 Å². The first-order chi connectivity index (χ1) is 15.3.